The first kappa shape index (κ1) is 14.3. The van der Waals surface area contributed by atoms with Crippen LogP contribution in [0.2, 0.25) is 0 Å². The molecule has 4 nitrogen and oxygen atoms in total. The van der Waals surface area contributed by atoms with Gasteiger partial charge in [-0.25, -0.2) is 4.98 Å². The summed E-state index contributed by atoms with van der Waals surface area (Å²) in [5, 5.41) is 0. The van der Waals surface area contributed by atoms with Crippen molar-refractivity contribution in [1.29, 1.82) is 0 Å². The standard InChI is InChI=1S/C18H19N2O2/c1-12-18(13-8-6-5-7-9-13)19-14-10-16(21-3)17(22-4)11-15(14)20(12)2/h5-11H,1-4H3/q+1. The van der Waals surface area contributed by atoms with Crippen LogP contribution < -0.4 is 14.0 Å². The lowest BCUT2D eigenvalue weighted by Gasteiger charge is -2.10. The molecular formula is C18H19N2O2+. The van der Waals surface area contributed by atoms with Gasteiger partial charge < -0.3 is 9.47 Å². The topological polar surface area (TPSA) is 35.2 Å². The summed E-state index contributed by atoms with van der Waals surface area (Å²) in [6.07, 6.45) is 0. The zero-order valence-corrected chi connectivity index (χ0v) is 13.3. The van der Waals surface area contributed by atoms with Gasteiger partial charge in [0.2, 0.25) is 11.2 Å². The molecular weight excluding hydrogens is 276 g/mol. The Kier molecular flexibility index (Phi) is 3.67. The number of hydrogen-bond acceptors (Lipinski definition) is 3. The highest BCUT2D eigenvalue weighted by atomic mass is 16.5. The van der Waals surface area contributed by atoms with Crippen molar-refractivity contribution in [3.8, 4) is 22.8 Å². The summed E-state index contributed by atoms with van der Waals surface area (Å²) < 4.78 is 12.9. The monoisotopic (exact) mass is 295 g/mol. The fraction of sp³-hybridized carbons (Fsp3) is 0.222. The molecule has 0 spiro atoms. The number of rotatable bonds is 3. The van der Waals surface area contributed by atoms with Gasteiger partial charge in [0.15, 0.2) is 11.5 Å². The minimum absolute atomic E-state index is 0.686. The van der Waals surface area contributed by atoms with Gasteiger partial charge in [0, 0.05) is 18.6 Å². The van der Waals surface area contributed by atoms with E-state index < -0.39 is 0 Å². The molecule has 0 atom stereocenters. The summed E-state index contributed by atoms with van der Waals surface area (Å²) >= 11 is 0. The molecule has 0 amide bonds. The van der Waals surface area contributed by atoms with Crippen molar-refractivity contribution < 1.29 is 14.0 Å². The van der Waals surface area contributed by atoms with Crippen LogP contribution in [-0.2, 0) is 7.05 Å². The second kappa shape index (κ2) is 5.64. The van der Waals surface area contributed by atoms with Crippen LogP contribution in [0, 0.1) is 6.92 Å². The molecule has 1 heterocycles. The molecule has 3 rings (SSSR count). The Bertz CT molecular complexity index is 830. The van der Waals surface area contributed by atoms with E-state index in [0.29, 0.717) is 11.5 Å². The zero-order chi connectivity index (χ0) is 15.7. The first-order valence-corrected chi connectivity index (χ1v) is 7.13. The fourth-order valence-electron chi connectivity index (χ4n) is 2.63. The average molecular weight is 295 g/mol. The maximum Gasteiger partial charge on any atom is 0.235 e. The number of aryl methyl sites for hydroxylation is 1. The number of ether oxygens (including phenoxy) is 2. The third kappa shape index (κ3) is 2.26. The quantitative estimate of drug-likeness (QED) is 0.697. The Morgan fingerprint density at radius 2 is 1.59 bits per heavy atom. The van der Waals surface area contributed by atoms with E-state index in [1.165, 1.54) is 0 Å². The molecule has 0 aliphatic rings. The van der Waals surface area contributed by atoms with Crippen molar-refractivity contribution in [1.82, 2.24) is 4.98 Å². The van der Waals surface area contributed by atoms with E-state index in [1.807, 2.05) is 37.4 Å². The van der Waals surface area contributed by atoms with Crippen LogP contribution in [0.25, 0.3) is 22.3 Å². The van der Waals surface area contributed by atoms with Crippen LogP contribution in [0.5, 0.6) is 11.5 Å². The summed E-state index contributed by atoms with van der Waals surface area (Å²) in [6, 6.07) is 14.1. The minimum Gasteiger partial charge on any atom is -0.493 e. The zero-order valence-electron chi connectivity index (χ0n) is 13.3. The van der Waals surface area contributed by atoms with Crippen molar-refractivity contribution in [2.24, 2.45) is 7.05 Å². The maximum absolute atomic E-state index is 5.39. The van der Waals surface area contributed by atoms with E-state index in [1.54, 1.807) is 14.2 Å². The van der Waals surface area contributed by atoms with Crippen LogP contribution >= 0.6 is 0 Å². The molecule has 0 unspecified atom stereocenters. The van der Waals surface area contributed by atoms with E-state index >= 15 is 0 Å². The number of hydrogen-bond donors (Lipinski definition) is 0. The van der Waals surface area contributed by atoms with Crippen molar-refractivity contribution >= 4 is 11.0 Å². The number of fused-ring (bicyclic) bond motifs is 1. The Hall–Kier alpha value is -2.62. The third-order valence-electron chi connectivity index (χ3n) is 3.97. The van der Waals surface area contributed by atoms with Crippen molar-refractivity contribution in [2.75, 3.05) is 14.2 Å². The highest BCUT2D eigenvalue weighted by Crippen LogP contribution is 2.31. The Morgan fingerprint density at radius 1 is 0.955 bits per heavy atom. The molecule has 0 saturated carbocycles. The van der Waals surface area contributed by atoms with E-state index in [2.05, 4.69) is 23.6 Å². The van der Waals surface area contributed by atoms with Crippen LogP contribution in [0.15, 0.2) is 42.5 Å². The molecule has 1 aromatic heterocycles. The molecule has 0 N–H and O–H groups in total. The SMILES string of the molecule is COc1cc2nc(-c3ccccc3)c(C)[n+](C)c2cc1OC. The lowest BCUT2D eigenvalue weighted by molar-refractivity contribution is -0.651. The first-order valence-electron chi connectivity index (χ1n) is 7.13. The van der Waals surface area contributed by atoms with Crippen molar-refractivity contribution in [3.63, 3.8) is 0 Å². The molecule has 0 aliphatic heterocycles. The molecule has 0 bridgehead atoms. The summed E-state index contributed by atoms with van der Waals surface area (Å²) in [5.74, 6) is 1.39. The highest BCUT2D eigenvalue weighted by molar-refractivity contribution is 5.79. The molecule has 0 saturated heterocycles. The maximum atomic E-state index is 5.39. The Balaban J connectivity index is 2.32. The van der Waals surface area contributed by atoms with Gasteiger partial charge in [0.1, 0.15) is 18.3 Å². The third-order valence-corrected chi connectivity index (χ3v) is 3.97. The molecule has 22 heavy (non-hydrogen) atoms. The normalized spacial score (nSPS) is 10.7. The minimum atomic E-state index is 0.686. The highest BCUT2D eigenvalue weighted by Gasteiger charge is 2.20. The lowest BCUT2D eigenvalue weighted by Crippen LogP contribution is -2.34. The summed E-state index contributed by atoms with van der Waals surface area (Å²) in [6.45, 7) is 2.07. The van der Waals surface area contributed by atoms with E-state index in [4.69, 9.17) is 14.5 Å². The van der Waals surface area contributed by atoms with E-state index in [-0.39, 0.29) is 0 Å². The summed E-state index contributed by atoms with van der Waals surface area (Å²) in [5.41, 5.74) is 5.07. The molecule has 2 aromatic carbocycles. The van der Waals surface area contributed by atoms with Gasteiger partial charge in [-0.3, -0.25) is 0 Å². The van der Waals surface area contributed by atoms with Gasteiger partial charge in [-0.1, -0.05) is 30.3 Å². The number of benzene rings is 2. The van der Waals surface area contributed by atoms with Gasteiger partial charge in [0.05, 0.1) is 20.3 Å². The van der Waals surface area contributed by atoms with Crippen LogP contribution in [-0.4, -0.2) is 19.2 Å². The van der Waals surface area contributed by atoms with Crippen molar-refractivity contribution in [2.45, 2.75) is 6.92 Å². The van der Waals surface area contributed by atoms with Gasteiger partial charge in [-0.15, -0.1) is 0 Å². The van der Waals surface area contributed by atoms with Crippen LogP contribution in [0.1, 0.15) is 5.69 Å². The van der Waals surface area contributed by atoms with Gasteiger partial charge >= 0.3 is 0 Å². The van der Waals surface area contributed by atoms with Gasteiger partial charge in [-0.2, -0.15) is 4.57 Å². The molecule has 3 aromatic rings. The summed E-state index contributed by atoms with van der Waals surface area (Å²) in [4.78, 5) is 4.83. The molecule has 0 fully saturated rings. The van der Waals surface area contributed by atoms with Crippen LogP contribution in [0.4, 0.5) is 0 Å². The van der Waals surface area contributed by atoms with Crippen molar-refractivity contribution in [3.05, 3.63) is 48.2 Å². The van der Waals surface area contributed by atoms with E-state index in [9.17, 15) is 0 Å². The molecule has 0 aliphatic carbocycles. The predicted octanol–water partition coefficient (Wildman–Crippen LogP) is 3.05. The molecule has 112 valence electrons. The molecule has 0 radical (unpaired) electrons. The number of nitrogens with zero attached hydrogens (tertiary/aromatic N) is 2. The second-order valence-corrected chi connectivity index (χ2v) is 5.17. The Labute approximate surface area is 130 Å². The Morgan fingerprint density at radius 3 is 2.23 bits per heavy atom. The number of methoxy groups -OCH3 is 2. The smallest absolute Gasteiger partial charge is 0.235 e. The second-order valence-electron chi connectivity index (χ2n) is 5.17. The summed E-state index contributed by atoms with van der Waals surface area (Å²) in [7, 11) is 5.32. The number of aromatic nitrogens is 2. The molecule has 4 heteroatoms. The van der Waals surface area contributed by atoms with Gasteiger partial charge in [-0.05, 0) is 0 Å². The first-order chi connectivity index (χ1) is 10.7. The van der Waals surface area contributed by atoms with Crippen LogP contribution in [0.3, 0.4) is 0 Å². The lowest BCUT2D eigenvalue weighted by atomic mass is 10.1. The fourth-order valence-corrected chi connectivity index (χ4v) is 2.63. The average Bonchev–Trinajstić information content (AvgIpc) is 2.57. The predicted molar refractivity (Wildman–Crippen MR) is 86.2 cm³/mol. The largest absolute Gasteiger partial charge is 0.493 e. The van der Waals surface area contributed by atoms with E-state index in [0.717, 1.165) is 28.0 Å². The van der Waals surface area contributed by atoms with Gasteiger partial charge in [0.25, 0.3) is 0 Å².